The summed E-state index contributed by atoms with van der Waals surface area (Å²) >= 11 is 6.83. The Balaban J connectivity index is 1.34. The summed E-state index contributed by atoms with van der Waals surface area (Å²) in [6.45, 7) is 2.16. The van der Waals surface area contributed by atoms with E-state index in [9.17, 15) is 10.1 Å². The molecular weight excluding hydrogens is 606 g/mol. The van der Waals surface area contributed by atoms with Crippen LogP contribution < -0.4 is 10.2 Å². The molecule has 5 rings (SSSR count). The van der Waals surface area contributed by atoms with Crippen molar-refractivity contribution in [2.24, 2.45) is 0 Å². The van der Waals surface area contributed by atoms with E-state index < -0.39 is 5.54 Å². The van der Waals surface area contributed by atoms with E-state index in [0.29, 0.717) is 10.2 Å². The zero-order valence-corrected chi connectivity index (χ0v) is 24.3. The second kappa shape index (κ2) is 11.8. The number of nitrogens with zero attached hydrogens (tertiary/aromatic N) is 4. The number of benzene rings is 1. The van der Waals surface area contributed by atoms with Crippen molar-refractivity contribution in [2.75, 3.05) is 18.0 Å². The van der Waals surface area contributed by atoms with Crippen LogP contribution in [0.2, 0.25) is 0 Å². The molecule has 194 valence electrons. The zero-order valence-electron chi connectivity index (χ0n) is 21.1. The van der Waals surface area contributed by atoms with E-state index >= 15 is 0 Å². The molecule has 2 aromatic heterocycles. The molecule has 6 nitrogen and oxygen atoms in total. The molecular formula is C30H29Br2N5O. The van der Waals surface area contributed by atoms with Gasteiger partial charge in [-0.1, -0.05) is 37.1 Å². The van der Waals surface area contributed by atoms with Crippen molar-refractivity contribution in [2.45, 2.75) is 50.5 Å². The maximum Gasteiger partial charge on any atom is 0.262 e. The van der Waals surface area contributed by atoms with Crippen molar-refractivity contribution in [1.29, 1.82) is 5.26 Å². The fraction of sp³-hybridized carbons (Fsp3) is 0.333. The number of nitrogens with one attached hydrogen (secondary N) is 1. The van der Waals surface area contributed by atoms with Gasteiger partial charge in [0.25, 0.3) is 5.91 Å². The van der Waals surface area contributed by atoms with Gasteiger partial charge in [-0.2, -0.15) is 5.26 Å². The smallest absolute Gasteiger partial charge is 0.262 e. The normalized spacial score (nSPS) is 17.2. The highest BCUT2D eigenvalue weighted by Crippen LogP contribution is 2.40. The van der Waals surface area contributed by atoms with E-state index in [1.54, 1.807) is 6.20 Å². The number of aromatic nitrogens is 2. The van der Waals surface area contributed by atoms with Gasteiger partial charge in [0.15, 0.2) is 0 Å². The Kier molecular flexibility index (Phi) is 8.25. The van der Waals surface area contributed by atoms with Gasteiger partial charge < -0.3 is 10.2 Å². The van der Waals surface area contributed by atoms with Gasteiger partial charge in [-0.25, -0.2) is 4.98 Å². The monoisotopic (exact) mass is 633 g/mol. The Bertz CT molecular complexity index is 1370. The molecule has 3 heterocycles. The Hall–Kier alpha value is -3.02. The third-order valence-corrected chi connectivity index (χ3v) is 8.56. The van der Waals surface area contributed by atoms with Gasteiger partial charge in [-0.05, 0) is 99.4 Å². The van der Waals surface area contributed by atoms with Gasteiger partial charge in [0.1, 0.15) is 17.5 Å². The van der Waals surface area contributed by atoms with Crippen molar-refractivity contribution < 1.29 is 4.79 Å². The van der Waals surface area contributed by atoms with E-state index in [-0.39, 0.29) is 11.5 Å². The van der Waals surface area contributed by atoms with E-state index in [1.807, 2.05) is 12.3 Å². The maximum absolute atomic E-state index is 13.3. The molecule has 2 aliphatic rings. The van der Waals surface area contributed by atoms with Gasteiger partial charge in [-0.15, -0.1) is 0 Å². The predicted octanol–water partition coefficient (Wildman–Crippen LogP) is 7.15. The molecule has 2 fully saturated rings. The predicted molar refractivity (Wildman–Crippen MR) is 157 cm³/mol. The molecule has 1 aliphatic heterocycles. The third-order valence-electron chi connectivity index (χ3n) is 7.49. The number of piperidine rings is 1. The SMILES string of the molecule is N#CC(=Cc1ncc(Br)cc1Br)C(=O)NC1(c2ccc(-c3ccc(N4CCCCC4)nc3)cc2)CCCC1. The first-order chi connectivity index (χ1) is 18.5. The molecule has 0 atom stereocenters. The van der Waals surface area contributed by atoms with Crippen LogP contribution in [0.15, 0.2) is 69.4 Å². The van der Waals surface area contributed by atoms with Crippen LogP contribution >= 0.6 is 31.9 Å². The Labute approximate surface area is 240 Å². The molecule has 1 saturated heterocycles. The van der Waals surface area contributed by atoms with E-state index in [1.165, 1.54) is 25.3 Å². The standard InChI is InChI=1S/C30H29Br2N5O/c31-25-17-26(32)27(34-20-25)16-23(18-33)29(38)36-30(12-2-3-13-30)24-9-6-21(7-10-24)22-8-11-28(35-19-22)37-14-4-1-5-15-37/h6-11,16-17,19-20H,1-5,12-15H2,(H,36,38). The van der Waals surface area contributed by atoms with Gasteiger partial charge in [0.05, 0.1) is 11.2 Å². The van der Waals surface area contributed by atoms with Gasteiger partial charge in [0.2, 0.25) is 0 Å². The number of hydrogen-bond donors (Lipinski definition) is 1. The number of halogens is 2. The quantitative estimate of drug-likeness (QED) is 0.230. The van der Waals surface area contributed by atoms with Gasteiger partial charge >= 0.3 is 0 Å². The summed E-state index contributed by atoms with van der Waals surface area (Å²) in [5.74, 6) is 0.664. The summed E-state index contributed by atoms with van der Waals surface area (Å²) in [7, 11) is 0. The van der Waals surface area contributed by atoms with E-state index in [4.69, 9.17) is 4.98 Å². The minimum absolute atomic E-state index is 0.0308. The summed E-state index contributed by atoms with van der Waals surface area (Å²) in [5.41, 5.74) is 3.30. The number of carbonyl (C=O) groups is 1. The lowest BCUT2D eigenvalue weighted by atomic mass is 9.86. The number of pyridine rings is 2. The zero-order chi connectivity index (χ0) is 26.5. The molecule has 1 aliphatic carbocycles. The molecule has 8 heteroatoms. The van der Waals surface area contributed by atoms with Crippen LogP contribution in [0, 0.1) is 11.3 Å². The molecule has 38 heavy (non-hydrogen) atoms. The fourth-order valence-electron chi connectivity index (χ4n) is 5.41. The topological polar surface area (TPSA) is 81.9 Å². The third kappa shape index (κ3) is 5.84. The Morgan fingerprint density at radius 1 is 0.947 bits per heavy atom. The number of rotatable bonds is 6. The number of anilines is 1. The molecule has 1 saturated carbocycles. The molecule has 1 N–H and O–H groups in total. The fourth-order valence-corrected chi connectivity index (χ4v) is 6.52. The van der Waals surface area contributed by atoms with Crippen molar-refractivity contribution in [1.82, 2.24) is 15.3 Å². The molecule has 3 aromatic rings. The second-order valence-corrected chi connectivity index (χ2v) is 11.7. The highest BCUT2D eigenvalue weighted by Gasteiger charge is 2.37. The Morgan fingerprint density at radius 3 is 2.29 bits per heavy atom. The number of amides is 1. The lowest BCUT2D eigenvalue weighted by Gasteiger charge is -2.31. The number of hydrogen-bond acceptors (Lipinski definition) is 5. The molecule has 0 radical (unpaired) electrons. The van der Waals surface area contributed by atoms with Crippen LogP contribution in [0.4, 0.5) is 5.82 Å². The van der Waals surface area contributed by atoms with Crippen molar-refractivity contribution >= 4 is 49.7 Å². The van der Waals surface area contributed by atoms with Gasteiger partial charge in [0, 0.05) is 40.0 Å². The van der Waals surface area contributed by atoms with E-state index in [2.05, 4.69) is 89.5 Å². The number of carbonyl (C=O) groups excluding carboxylic acids is 1. The molecule has 0 unspecified atom stereocenters. The summed E-state index contributed by atoms with van der Waals surface area (Å²) in [6.07, 6.45) is 12.6. The largest absolute Gasteiger partial charge is 0.357 e. The Morgan fingerprint density at radius 2 is 1.66 bits per heavy atom. The lowest BCUT2D eigenvalue weighted by Crippen LogP contribution is -2.44. The van der Waals surface area contributed by atoms with Crippen molar-refractivity contribution in [3.63, 3.8) is 0 Å². The van der Waals surface area contributed by atoms with Crippen LogP contribution in [-0.2, 0) is 10.3 Å². The molecule has 1 aromatic carbocycles. The lowest BCUT2D eigenvalue weighted by molar-refractivity contribution is -0.119. The summed E-state index contributed by atoms with van der Waals surface area (Å²) in [6, 6.07) is 16.5. The first kappa shape index (κ1) is 26.6. The summed E-state index contributed by atoms with van der Waals surface area (Å²) < 4.78 is 1.52. The van der Waals surface area contributed by atoms with Gasteiger partial charge in [-0.3, -0.25) is 9.78 Å². The summed E-state index contributed by atoms with van der Waals surface area (Å²) in [5, 5.41) is 13.0. The first-order valence-corrected chi connectivity index (χ1v) is 14.6. The second-order valence-electron chi connectivity index (χ2n) is 9.96. The highest BCUT2D eigenvalue weighted by molar-refractivity contribution is 9.11. The molecule has 0 bridgehead atoms. The van der Waals surface area contributed by atoms with Crippen molar-refractivity contribution in [3.05, 3.63) is 80.6 Å². The van der Waals surface area contributed by atoms with E-state index in [0.717, 1.165) is 65.8 Å². The molecule has 1 amide bonds. The van der Waals surface area contributed by atoms with Crippen LogP contribution in [-0.4, -0.2) is 29.0 Å². The average molecular weight is 635 g/mol. The van der Waals surface area contributed by atoms with Crippen LogP contribution in [0.25, 0.3) is 17.2 Å². The highest BCUT2D eigenvalue weighted by atomic mass is 79.9. The minimum Gasteiger partial charge on any atom is -0.357 e. The summed E-state index contributed by atoms with van der Waals surface area (Å²) in [4.78, 5) is 24.7. The first-order valence-electron chi connectivity index (χ1n) is 13.0. The average Bonchev–Trinajstić information content (AvgIpc) is 3.43. The maximum atomic E-state index is 13.3. The van der Waals surface area contributed by atoms with Crippen LogP contribution in [0.3, 0.4) is 0 Å². The van der Waals surface area contributed by atoms with Crippen LogP contribution in [0.1, 0.15) is 56.2 Å². The molecule has 0 spiro atoms. The van der Waals surface area contributed by atoms with Crippen molar-refractivity contribution in [3.8, 4) is 17.2 Å². The number of nitriles is 1. The minimum atomic E-state index is -0.494. The van der Waals surface area contributed by atoms with Crippen LogP contribution in [0.5, 0.6) is 0 Å².